The van der Waals surface area contributed by atoms with Gasteiger partial charge in [0.15, 0.2) is 0 Å². The van der Waals surface area contributed by atoms with Crippen LogP contribution in [0, 0.1) is 24.2 Å². The second-order valence-corrected chi connectivity index (χ2v) is 7.09. The van der Waals surface area contributed by atoms with Crippen molar-refractivity contribution in [2.45, 2.75) is 26.2 Å². The molecule has 1 fully saturated rings. The van der Waals surface area contributed by atoms with Crippen molar-refractivity contribution in [1.29, 1.82) is 5.26 Å². The lowest BCUT2D eigenvalue weighted by Crippen LogP contribution is -2.31. The van der Waals surface area contributed by atoms with Crippen LogP contribution in [-0.2, 0) is 11.2 Å². The summed E-state index contributed by atoms with van der Waals surface area (Å²) in [7, 11) is 0. The summed E-state index contributed by atoms with van der Waals surface area (Å²) in [5.74, 6) is 0.307. The fourth-order valence-electron chi connectivity index (χ4n) is 3.46. The van der Waals surface area contributed by atoms with Crippen molar-refractivity contribution in [2.75, 3.05) is 18.4 Å². The molecule has 0 unspecified atom stereocenters. The number of carbonyl (C=O) groups excluding carboxylic acids is 1. The first-order chi connectivity index (χ1) is 13.2. The lowest BCUT2D eigenvalue weighted by Gasteiger charge is -2.31. The highest BCUT2D eigenvalue weighted by atomic mass is 16.1. The number of anilines is 1. The molecule has 0 aliphatic carbocycles. The van der Waals surface area contributed by atoms with Crippen molar-refractivity contribution in [1.82, 2.24) is 4.90 Å². The molecular weight excluding hydrogens is 334 g/mol. The molecule has 0 aromatic heterocycles. The quantitative estimate of drug-likeness (QED) is 0.640. The van der Waals surface area contributed by atoms with Gasteiger partial charge in [-0.15, -0.1) is 0 Å². The van der Waals surface area contributed by atoms with Gasteiger partial charge in [-0.2, -0.15) is 5.26 Å². The fourth-order valence-corrected chi connectivity index (χ4v) is 3.46. The number of piperidine rings is 1. The van der Waals surface area contributed by atoms with Crippen LogP contribution in [0.1, 0.15) is 24.0 Å². The monoisotopic (exact) mass is 359 g/mol. The maximum absolute atomic E-state index is 12.4. The Balaban J connectivity index is 1.56. The summed E-state index contributed by atoms with van der Waals surface area (Å²) in [6.45, 7) is 3.68. The van der Waals surface area contributed by atoms with Gasteiger partial charge in [0.25, 0.3) is 5.91 Å². The number of rotatable bonds is 5. The second kappa shape index (κ2) is 9.05. The first kappa shape index (κ1) is 18.7. The first-order valence-electron chi connectivity index (χ1n) is 9.42. The van der Waals surface area contributed by atoms with E-state index in [1.165, 1.54) is 5.56 Å². The Morgan fingerprint density at radius 2 is 1.81 bits per heavy atom. The number of hydrogen-bond donors (Lipinski definition) is 1. The molecule has 27 heavy (non-hydrogen) atoms. The topological polar surface area (TPSA) is 56.1 Å². The van der Waals surface area contributed by atoms with Gasteiger partial charge in [0.2, 0.25) is 0 Å². The van der Waals surface area contributed by atoms with Crippen molar-refractivity contribution >= 4 is 11.6 Å². The number of carbonyl (C=O) groups is 1. The second-order valence-electron chi connectivity index (χ2n) is 7.09. The SMILES string of the molecule is Cc1ccccc1NC(=O)/C(C#N)=C\N1CCC(Cc2ccccc2)CC1. The number of likely N-dealkylation sites (tertiary alicyclic amines) is 1. The zero-order chi connectivity index (χ0) is 19.1. The average molecular weight is 359 g/mol. The molecule has 2 aromatic carbocycles. The van der Waals surface area contributed by atoms with Gasteiger partial charge in [-0.3, -0.25) is 4.79 Å². The number of hydrogen-bond acceptors (Lipinski definition) is 3. The molecule has 1 aliphatic heterocycles. The van der Waals surface area contributed by atoms with Crippen molar-refractivity contribution < 1.29 is 4.79 Å². The first-order valence-corrected chi connectivity index (χ1v) is 9.42. The predicted octanol–water partition coefficient (Wildman–Crippen LogP) is 4.30. The molecule has 1 N–H and O–H groups in total. The minimum absolute atomic E-state index is 0.153. The third-order valence-electron chi connectivity index (χ3n) is 5.09. The summed E-state index contributed by atoms with van der Waals surface area (Å²) >= 11 is 0. The van der Waals surface area contributed by atoms with Crippen LogP contribution in [0.3, 0.4) is 0 Å². The normalized spacial score (nSPS) is 15.3. The van der Waals surface area contributed by atoms with E-state index in [2.05, 4.69) is 34.5 Å². The van der Waals surface area contributed by atoms with E-state index in [9.17, 15) is 10.1 Å². The van der Waals surface area contributed by atoms with Crippen LogP contribution in [0.5, 0.6) is 0 Å². The minimum atomic E-state index is -0.349. The molecule has 1 amide bonds. The van der Waals surface area contributed by atoms with Crippen LogP contribution < -0.4 is 5.32 Å². The van der Waals surface area contributed by atoms with Crippen LogP contribution in [0.4, 0.5) is 5.69 Å². The van der Waals surface area contributed by atoms with Crippen LogP contribution in [0.15, 0.2) is 66.4 Å². The van der Waals surface area contributed by atoms with E-state index in [0.717, 1.165) is 43.6 Å². The summed E-state index contributed by atoms with van der Waals surface area (Å²) in [5, 5.41) is 12.3. The van der Waals surface area contributed by atoms with Crippen LogP contribution in [0.2, 0.25) is 0 Å². The third-order valence-corrected chi connectivity index (χ3v) is 5.09. The Morgan fingerprint density at radius 3 is 2.48 bits per heavy atom. The maximum Gasteiger partial charge on any atom is 0.267 e. The number of amides is 1. The highest BCUT2D eigenvalue weighted by molar-refractivity contribution is 6.06. The zero-order valence-corrected chi connectivity index (χ0v) is 15.7. The van der Waals surface area contributed by atoms with E-state index in [4.69, 9.17) is 0 Å². The third kappa shape index (κ3) is 5.21. The van der Waals surface area contributed by atoms with E-state index < -0.39 is 0 Å². The van der Waals surface area contributed by atoms with Crippen molar-refractivity contribution in [3.05, 3.63) is 77.5 Å². The number of para-hydroxylation sites is 1. The summed E-state index contributed by atoms with van der Waals surface area (Å²) in [5.41, 5.74) is 3.25. The molecule has 0 radical (unpaired) electrons. The van der Waals surface area contributed by atoms with Crippen LogP contribution >= 0.6 is 0 Å². The summed E-state index contributed by atoms with van der Waals surface area (Å²) in [6.07, 6.45) is 4.96. The van der Waals surface area contributed by atoms with Gasteiger partial charge in [-0.1, -0.05) is 48.5 Å². The van der Waals surface area contributed by atoms with Gasteiger partial charge in [0, 0.05) is 25.0 Å². The van der Waals surface area contributed by atoms with Crippen molar-refractivity contribution in [3.8, 4) is 6.07 Å². The van der Waals surface area contributed by atoms with E-state index in [-0.39, 0.29) is 11.5 Å². The molecule has 4 nitrogen and oxygen atoms in total. The van der Waals surface area contributed by atoms with E-state index >= 15 is 0 Å². The Morgan fingerprint density at radius 1 is 1.15 bits per heavy atom. The Labute approximate surface area is 161 Å². The molecule has 0 spiro atoms. The maximum atomic E-state index is 12.4. The van der Waals surface area contributed by atoms with Gasteiger partial charge in [0.1, 0.15) is 11.6 Å². The van der Waals surface area contributed by atoms with Gasteiger partial charge in [-0.05, 0) is 49.3 Å². The molecule has 0 bridgehead atoms. The standard InChI is InChI=1S/C23H25N3O/c1-18-7-5-6-10-22(18)25-23(27)21(16-24)17-26-13-11-20(12-14-26)15-19-8-3-2-4-9-19/h2-10,17,20H,11-15H2,1H3,(H,25,27)/b21-17-. The van der Waals surface area contributed by atoms with E-state index in [1.54, 1.807) is 6.20 Å². The molecule has 4 heteroatoms. The molecule has 0 saturated carbocycles. The molecular formula is C23H25N3O. The summed E-state index contributed by atoms with van der Waals surface area (Å²) in [6, 6.07) is 20.2. The molecule has 3 rings (SSSR count). The zero-order valence-electron chi connectivity index (χ0n) is 15.7. The summed E-state index contributed by atoms with van der Waals surface area (Å²) < 4.78 is 0. The van der Waals surface area contributed by atoms with Gasteiger partial charge in [-0.25, -0.2) is 0 Å². The molecule has 1 saturated heterocycles. The Kier molecular flexibility index (Phi) is 6.27. The molecule has 1 aliphatic rings. The summed E-state index contributed by atoms with van der Waals surface area (Å²) in [4.78, 5) is 14.5. The number of nitrogens with zero attached hydrogens (tertiary/aromatic N) is 2. The number of nitriles is 1. The molecule has 1 heterocycles. The number of aryl methyl sites for hydroxylation is 1. The minimum Gasteiger partial charge on any atom is -0.376 e. The van der Waals surface area contributed by atoms with Crippen LogP contribution in [-0.4, -0.2) is 23.9 Å². The van der Waals surface area contributed by atoms with Crippen molar-refractivity contribution in [3.63, 3.8) is 0 Å². The largest absolute Gasteiger partial charge is 0.376 e. The Hall–Kier alpha value is -3.06. The van der Waals surface area contributed by atoms with Gasteiger partial charge >= 0.3 is 0 Å². The molecule has 0 atom stereocenters. The molecule has 138 valence electrons. The lowest BCUT2D eigenvalue weighted by molar-refractivity contribution is -0.112. The predicted molar refractivity (Wildman–Crippen MR) is 108 cm³/mol. The average Bonchev–Trinajstić information content (AvgIpc) is 2.70. The van der Waals surface area contributed by atoms with Crippen molar-refractivity contribution in [2.24, 2.45) is 5.92 Å². The van der Waals surface area contributed by atoms with Crippen LogP contribution in [0.25, 0.3) is 0 Å². The fraction of sp³-hybridized carbons (Fsp3) is 0.304. The Bertz CT molecular complexity index is 843. The van der Waals surface area contributed by atoms with Gasteiger partial charge < -0.3 is 10.2 Å². The number of nitrogens with one attached hydrogen (secondary N) is 1. The smallest absolute Gasteiger partial charge is 0.267 e. The number of benzene rings is 2. The highest BCUT2D eigenvalue weighted by Crippen LogP contribution is 2.22. The van der Waals surface area contributed by atoms with E-state index in [1.807, 2.05) is 43.3 Å². The van der Waals surface area contributed by atoms with E-state index in [0.29, 0.717) is 5.92 Å². The highest BCUT2D eigenvalue weighted by Gasteiger charge is 2.19. The lowest BCUT2D eigenvalue weighted by atomic mass is 9.90. The van der Waals surface area contributed by atoms with Gasteiger partial charge in [0.05, 0.1) is 0 Å². The molecule has 2 aromatic rings.